The summed E-state index contributed by atoms with van der Waals surface area (Å²) in [5.41, 5.74) is -2.42. The van der Waals surface area contributed by atoms with E-state index in [1.54, 1.807) is 13.8 Å². The molecule has 11 nitrogen and oxygen atoms in total. The summed E-state index contributed by atoms with van der Waals surface area (Å²) >= 11 is 6.15. The highest BCUT2D eigenvalue weighted by atomic mass is 35.5. The molecule has 0 bridgehead atoms. The topological polar surface area (TPSA) is 133 Å². The highest BCUT2D eigenvalue weighted by Gasteiger charge is 2.51. The average molecular weight is 596 g/mol. The molecule has 3 heterocycles. The van der Waals surface area contributed by atoms with Gasteiger partial charge in [-0.15, -0.1) is 0 Å². The Bertz CT molecular complexity index is 1330. The summed E-state index contributed by atoms with van der Waals surface area (Å²) in [7, 11) is -4.30. The fraction of sp³-hybridized carbons (Fsp3) is 0.565. The fourth-order valence-electron chi connectivity index (χ4n) is 3.84. The van der Waals surface area contributed by atoms with Crippen molar-refractivity contribution >= 4 is 45.1 Å². The Morgan fingerprint density at radius 1 is 1.26 bits per heavy atom. The second kappa shape index (κ2) is 11.6. The molecule has 1 aliphatic heterocycles. The number of ether oxygens (including phenoxy) is 2. The number of nitrogens with one attached hydrogen (secondary N) is 1. The number of hydrogen-bond acceptors (Lipinski definition) is 8. The molecule has 0 radical (unpaired) electrons. The van der Waals surface area contributed by atoms with Crippen LogP contribution in [0.4, 0.5) is 29.3 Å². The van der Waals surface area contributed by atoms with Gasteiger partial charge in [0.2, 0.25) is 5.60 Å². The van der Waals surface area contributed by atoms with Crippen LogP contribution in [0.5, 0.6) is 0 Å². The molecule has 1 atom stereocenters. The van der Waals surface area contributed by atoms with E-state index in [-0.39, 0.29) is 46.9 Å². The number of carbonyl (C=O) groups excluding carboxylic acids is 2. The number of sulfonamides is 1. The molecular formula is C23H29ClF3N5O6S. The lowest BCUT2D eigenvalue weighted by atomic mass is 9.93. The Morgan fingerprint density at radius 3 is 2.54 bits per heavy atom. The largest absolute Gasteiger partial charge is 0.466 e. The van der Waals surface area contributed by atoms with E-state index in [4.69, 9.17) is 16.3 Å². The highest BCUT2D eigenvalue weighted by molar-refractivity contribution is 7.93. The van der Waals surface area contributed by atoms with Crippen LogP contribution in [0.1, 0.15) is 46.2 Å². The lowest BCUT2D eigenvalue weighted by Gasteiger charge is -2.34. The predicted molar refractivity (Wildman–Crippen MR) is 135 cm³/mol. The lowest BCUT2D eigenvalue weighted by Crippen LogP contribution is -2.44. The molecule has 0 saturated heterocycles. The van der Waals surface area contributed by atoms with Crippen molar-refractivity contribution in [2.24, 2.45) is 5.92 Å². The summed E-state index contributed by atoms with van der Waals surface area (Å²) in [5, 5.41) is 5.92. The number of alkyl halides is 3. The van der Waals surface area contributed by atoms with Crippen LogP contribution in [0.2, 0.25) is 5.15 Å². The van der Waals surface area contributed by atoms with Crippen LogP contribution in [0.25, 0.3) is 0 Å². The molecule has 2 aromatic rings. The van der Waals surface area contributed by atoms with Crippen molar-refractivity contribution in [1.29, 1.82) is 0 Å². The van der Waals surface area contributed by atoms with E-state index in [2.05, 4.69) is 20.1 Å². The number of halogens is 4. The van der Waals surface area contributed by atoms with Crippen molar-refractivity contribution in [3.63, 3.8) is 0 Å². The van der Waals surface area contributed by atoms with E-state index >= 15 is 0 Å². The minimum absolute atomic E-state index is 0.0565. The lowest BCUT2D eigenvalue weighted by molar-refractivity contribution is -0.242. The molecule has 1 N–H and O–H groups in total. The molecule has 0 spiro atoms. The van der Waals surface area contributed by atoms with Gasteiger partial charge in [-0.25, -0.2) is 13.2 Å². The number of pyridine rings is 1. The van der Waals surface area contributed by atoms with Gasteiger partial charge in [0.25, 0.3) is 10.0 Å². The first kappa shape index (κ1) is 30.5. The van der Waals surface area contributed by atoms with Crippen LogP contribution < -0.4 is 9.62 Å². The molecule has 3 rings (SSSR count). The third-order valence-electron chi connectivity index (χ3n) is 6.04. The number of fused-ring (bicyclic) bond motifs is 1. The maximum Gasteiger partial charge on any atom is 0.427 e. The maximum atomic E-state index is 13.7. The van der Waals surface area contributed by atoms with Crippen molar-refractivity contribution in [3.8, 4) is 0 Å². The van der Waals surface area contributed by atoms with E-state index < -0.39 is 33.9 Å². The van der Waals surface area contributed by atoms with Crippen LogP contribution >= 0.6 is 11.6 Å². The molecule has 1 amide bonds. The van der Waals surface area contributed by atoms with Crippen LogP contribution in [0.3, 0.4) is 0 Å². The quantitative estimate of drug-likeness (QED) is 0.418. The Kier molecular flexibility index (Phi) is 9.05. The van der Waals surface area contributed by atoms with Gasteiger partial charge in [-0.1, -0.05) is 11.6 Å². The minimum atomic E-state index is -4.82. The first-order valence-corrected chi connectivity index (χ1v) is 13.9. The number of esters is 1. The molecule has 2 aromatic heterocycles. The van der Waals surface area contributed by atoms with Crippen LogP contribution in [0, 0.1) is 5.92 Å². The van der Waals surface area contributed by atoms with E-state index in [9.17, 15) is 31.2 Å². The van der Waals surface area contributed by atoms with Crippen molar-refractivity contribution < 1.29 is 40.7 Å². The van der Waals surface area contributed by atoms with E-state index in [0.717, 1.165) is 4.31 Å². The summed E-state index contributed by atoms with van der Waals surface area (Å²) in [6.07, 6.45) is -3.07. The zero-order valence-corrected chi connectivity index (χ0v) is 23.3. The van der Waals surface area contributed by atoms with Gasteiger partial charge in [-0.05, 0) is 52.5 Å². The van der Waals surface area contributed by atoms with Crippen molar-refractivity contribution in [1.82, 2.24) is 14.8 Å². The van der Waals surface area contributed by atoms with E-state index in [1.807, 2.05) is 0 Å². The van der Waals surface area contributed by atoms with Crippen molar-refractivity contribution in [3.05, 3.63) is 29.3 Å². The molecule has 16 heteroatoms. The highest BCUT2D eigenvalue weighted by Crippen LogP contribution is 2.38. The summed E-state index contributed by atoms with van der Waals surface area (Å²) in [6.45, 7) is 5.35. The van der Waals surface area contributed by atoms with Gasteiger partial charge in [-0.3, -0.25) is 24.1 Å². The second-order valence-electron chi connectivity index (χ2n) is 9.30. The summed E-state index contributed by atoms with van der Waals surface area (Å²) < 4.78 is 78.7. The minimum Gasteiger partial charge on any atom is -0.466 e. The van der Waals surface area contributed by atoms with Gasteiger partial charge >= 0.3 is 18.2 Å². The SMILES string of the molecule is CCOC(=O)CC[C@H]1Cc2ncc(NC(=O)OC(C)(C)C(F)(F)F)cc2N(S(=O)(=O)c2cn(CC)nc2Cl)C1. The van der Waals surface area contributed by atoms with Crippen LogP contribution in [-0.4, -0.2) is 60.2 Å². The smallest absolute Gasteiger partial charge is 0.427 e. The number of carbonyl (C=O) groups is 2. The number of hydrogen-bond donors (Lipinski definition) is 1. The van der Waals surface area contributed by atoms with Crippen LogP contribution in [0.15, 0.2) is 23.4 Å². The molecule has 0 saturated carbocycles. The van der Waals surface area contributed by atoms with Crippen molar-refractivity contribution in [2.45, 2.75) is 70.2 Å². The summed E-state index contributed by atoms with van der Waals surface area (Å²) in [4.78, 5) is 28.1. The normalized spacial score (nSPS) is 16.0. The average Bonchev–Trinajstić information content (AvgIpc) is 3.23. The van der Waals surface area contributed by atoms with Crippen molar-refractivity contribution in [2.75, 3.05) is 22.8 Å². The summed E-state index contributed by atoms with van der Waals surface area (Å²) in [6, 6.07) is 1.28. The van der Waals surface area contributed by atoms with Gasteiger partial charge in [0.05, 0.1) is 29.9 Å². The van der Waals surface area contributed by atoms with Gasteiger partial charge in [0.15, 0.2) is 5.15 Å². The van der Waals surface area contributed by atoms with Crippen LogP contribution in [-0.2, 0) is 37.3 Å². The van der Waals surface area contributed by atoms with Gasteiger partial charge in [0.1, 0.15) is 4.90 Å². The Morgan fingerprint density at radius 2 is 1.95 bits per heavy atom. The standard InChI is InChI=1S/C23H29ClF3N5O6S/c1-5-31-13-18(20(24)30-31)39(35,36)32-12-14(7-8-19(33)37-6-2)9-16-17(32)10-15(11-28-16)29-21(34)38-22(3,4)23(25,26)27/h10-11,13-14H,5-9,12H2,1-4H3,(H,29,34)/t14-/m0/s1. The monoisotopic (exact) mass is 595 g/mol. The number of aromatic nitrogens is 3. The second-order valence-corrected chi connectivity index (χ2v) is 11.5. The molecular weight excluding hydrogens is 567 g/mol. The number of nitrogens with zero attached hydrogens (tertiary/aromatic N) is 4. The van der Waals surface area contributed by atoms with E-state index in [0.29, 0.717) is 38.9 Å². The third kappa shape index (κ3) is 6.93. The first-order chi connectivity index (χ1) is 18.1. The zero-order chi connectivity index (χ0) is 29.2. The molecule has 39 heavy (non-hydrogen) atoms. The maximum absolute atomic E-state index is 13.7. The summed E-state index contributed by atoms with van der Waals surface area (Å²) in [5.74, 6) is -0.738. The molecule has 216 valence electrons. The fourth-order valence-corrected chi connectivity index (χ4v) is 5.84. The van der Waals surface area contributed by atoms with Gasteiger partial charge < -0.3 is 9.47 Å². The first-order valence-electron chi connectivity index (χ1n) is 12.1. The Balaban J connectivity index is 1.95. The Labute approximate surface area is 228 Å². The molecule has 0 aliphatic carbocycles. The number of amides is 1. The third-order valence-corrected chi connectivity index (χ3v) is 8.21. The Hall–Kier alpha value is -3.07. The molecule has 0 aromatic carbocycles. The number of rotatable bonds is 9. The molecule has 1 aliphatic rings. The molecule has 0 fully saturated rings. The number of aryl methyl sites for hydroxylation is 1. The van der Waals surface area contributed by atoms with E-state index in [1.165, 1.54) is 23.1 Å². The molecule has 0 unspecified atom stereocenters. The predicted octanol–water partition coefficient (Wildman–Crippen LogP) is 4.55. The zero-order valence-electron chi connectivity index (χ0n) is 21.7. The van der Waals surface area contributed by atoms with Gasteiger partial charge in [0, 0.05) is 25.7 Å². The van der Waals surface area contributed by atoms with Gasteiger partial charge in [-0.2, -0.15) is 18.3 Å². The number of anilines is 2.